The van der Waals surface area contributed by atoms with Gasteiger partial charge in [-0.25, -0.2) is 0 Å². The molecule has 0 saturated carbocycles. The van der Waals surface area contributed by atoms with Gasteiger partial charge in [-0.3, -0.25) is 14.2 Å². The van der Waals surface area contributed by atoms with Crippen LogP contribution < -0.4 is 5.73 Å². The second-order valence-electron chi connectivity index (χ2n) is 6.03. The Labute approximate surface area is 139 Å². The Hall–Kier alpha value is -2.01. The Morgan fingerprint density at radius 1 is 1.48 bits per heavy atom. The topological polar surface area (TPSA) is 151 Å². The molecule has 0 spiro atoms. The summed E-state index contributed by atoms with van der Waals surface area (Å²) in [7, 11) is 0. The molecule has 23 heavy (non-hydrogen) atoms. The summed E-state index contributed by atoms with van der Waals surface area (Å²) in [6.45, 7) is 5.98. The standard InChI is InChI=1S/C12H17BrN4O6/c1-11(2,3)23-9(20)7(8(18)19)12(4,14)16-5-6(17(21)22)15-10(16)13/h5,7H,14H2,1-4H3,(H,18,19). The van der Waals surface area contributed by atoms with E-state index < -0.39 is 39.9 Å². The van der Waals surface area contributed by atoms with Gasteiger partial charge in [0.15, 0.2) is 5.92 Å². The summed E-state index contributed by atoms with van der Waals surface area (Å²) in [6.07, 6.45) is 0.949. The molecular formula is C12H17BrN4O6. The lowest BCUT2D eigenvalue weighted by atomic mass is 9.94. The van der Waals surface area contributed by atoms with Crippen LogP contribution in [0.5, 0.6) is 0 Å². The minimum absolute atomic E-state index is 0.0796. The summed E-state index contributed by atoms with van der Waals surface area (Å²) in [5, 5.41) is 20.2. The third kappa shape index (κ3) is 4.26. The van der Waals surface area contributed by atoms with Gasteiger partial charge in [-0.15, -0.1) is 0 Å². The van der Waals surface area contributed by atoms with E-state index in [1.165, 1.54) is 6.92 Å². The van der Waals surface area contributed by atoms with E-state index >= 15 is 0 Å². The van der Waals surface area contributed by atoms with Gasteiger partial charge in [-0.2, -0.15) is 0 Å². The zero-order chi connectivity index (χ0) is 18.2. The van der Waals surface area contributed by atoms with Crippen molar-refractivity contribution in [2.45, 2.75) is 39.0 Å². The SMILES string of the molecule is CC(C)(C)OC(=O)C(C(=O)O)C(C)(N)n1cc([N+](=O)[O-])nc1Br. The number of rotatable bonds is 5. The normalized spacial score (nSPS) is 15.6. The molecule has 1 heterocycles. The molecule has 0 aliphatic carbocycles. The van der Waals surface area contributed by atoms with E-state index in [2.05, 4.69) is 20.9 Å². The van der Waals surface area contributed by atoms with Crippen LogP contribution in [0.2, 0.25) is 0 Å². The number of carboxylic acids is 1. The molecule has 0 amide bonds. The van der Waals surface area contributed by atoms with E-state index in [0.717, 1.165) is 10.8 Å². The number of carboxylic acid groups (broad SMARTS) is 1. The van der Waals surface area contributed by atoms with Gasteiger partial charge in [0.1, 0.15) is 17.5 Å². The number of ether oxygens (including phenoxy) is 1. The number of nitrogens with two attached hydrogens (primary N) is 1. The average molecular weight is 393 g/mol. The first-order valence-corrected chi connectivity index (χ1v) is 7.21. The van der Waals surface area contributed by atoms with Crippen LogP contribution in [0.3, 0.4) is 0 Å². The van der Waals surface area contributed by atoms with Crippen LogP contribution in [0.15, 0.2) is 10.9 Å². The van der Waals surface area contributed by atoms with Crippen molar-refractivity contribution in [2.24, 2.45) is 11.7 Å². The van der Waals surface area contributed by atoms with E-state index in [-0.39, 0.29) is 4.73 Å². The molecule has 0 aliphatic rings. The van der Waals surface area contributed by atoms with Gasteiger partial charge < -0.3 is 25.7 Å². The maximum Gasteiger partial charge on any atom is 0.382 e. The number of imidazole rings is 1. The Kier molecular flexibility index (Phi) is 5.16. The van der Waals surface area contributed by atoms with Gasteiger partial charge >= 0.3 is 17.8 Å². The molecule has 0 aliphatic heterocycles. The van der Waals surface area contributed by atoms with E-state index in [9.17, 15) is 24.8 Å². The second kappa shape index (κ2) is 6.24. The van der Waals surface area contributed by atoms with Gasteiger partial charge in [-0.05, 0) is 37.6 Å². The summed E-state index contributed by atoms with van der Waals surface area (Å²) >= 11 is 2.97. The predicted molar refractivity (Wildman–Crippen MR) is 81.4 cm³/mol. The highest BCUT2D eigenvalue weighted by Gasteiger charge is 2.47. The van der Waals surface area contributed by atoms with Crippen molar-refractivity contribution >= 4 is 33.7 Å². The van der Waals surface area contributed by atoms with Crippen LogP contribution in [0.4, 0.5) is 5.82 Å². The number of nitrogens with zero attached hydrogens (tertiary/aromatic N) is 3. The Balaban J connectivity index is 3.32. The van der Waals surface area contributed by atoms with E-state index in [1.54, 1.807) is 20.8 Å². The first-order chi connectivity index (χ1) is 10.3. The highest BCUT2D eigenvalue weighted by atomic mass is 79.9. The highest BCUT2D eigenvalue weighted by molar-refractivity contribution is 9.10. The lowest BCUT2D eigenvalue weighted by molar-refractivity contribution is -0.389. The number of aliphatic carboxylic acids is 1. The Morgan fingerprint density at radius 3 is 2.35 bits per heavy atom. The molecular weight excluding hydrogens is 376 g/mol. The van der Waals surface area contributed by atoms with Crippen molar-refractivity contribution in [3.05, 3.63) is 21.0 Å². The summed E-state index contributed by atoms with van der Waals surface area (Å²) in [4.78, 5) is 37.4. The third-order valence-corrected chi connectivity index (χ3v) is 3.39. The van der Waals surface area contributed by atoms with Crippen molar-refractivity contribution in [1.82, 2.24) is 9.55 Å². The third-order valence-electron chi connectivity index (χ3n) is 2.83. The van der Waals surface area contributed by atoms with Gasteiger partial charge in [0.25, 0.3) is 4.73 Å². The van der Waals surface area contributed by atoms with Crippen LogP contribution >= 0.6 is 15.9 Å². The molecule has 2 atom stereocenters. The molecule has 128 valence electrons. The maximum atomic E-state index is 12.2. The van der Waals surface area contributed by atoms with Crippen molar-refractivity contribution in [2.75, 3.05) is 0 Å². The minimum Gasteiger partial charge on any atom is -0.480 e. The quantitative estimate of drug-likeness (QED) is 0.328. The number of nitro groups is 1. The fourth-order valence-corrected chi connectivity index (χ4v) is 2.53. The van der Waals surface area contributed by atoms with E-state index in [0.29, 0.717) is 0 Å². The van der Waals surface area contributed by atoms with Crippen LogP contribution in [0.1, 0.15) is 27.7 Å². The molecule has 0 aromatic carbocycles. The summed E-state index contributed by atoms with van der Waals surface area (Å²) in [5.41, 5.74) is 3.24. The predicted octanol–water partition coefficient (Wildman–Crippen LogP) is 1.23. The van der Waals surface area contributed by atoms with Gasteiger partial charge in [0.05, 0.1) is 0 Å². The minimum atomic E-state index is -1.85. The highest BCUT2D eigenvalue weighted by Crippen LogP contribution is 2.29. The summed E-state index contributed by atoms with van der Waals surface area (Å²) in [6, 6.07) is 0. The molecule has 1 rings (SSSR count). The van der Waals surface area contributed by atoms with Crippen LogP contribution in [-0.4, -0.2) is 37.1 Å². The molecule has 10 nitrogen and oxygen atoms in total. The lowest BCUT2D eigenvalue weighted by Gasteiger charge is -2.32. The molecule has 0 radical (unpaired) electrons. The Bertz CT molecular complexity index is 648. The number of aromatic nitrogens is 2. The smallest absolute Gasteiger partial charge is 0.382 e. The van der Waals surface area contributed by atoms with Crippen molar-refractivity contribution in [3.8, 4) is 0 Å². The first kappa shape index (κ1) is 19.0. The fraction of sp³-hybridized carbons (Fsp3) is 0.583. The molecule has 3 N–H and O–H groups in total. The molecule has 0 saturated heterocycles. The van der Waals surface area contributed by atoms with E-state index in [1.807, 2.05) is 0 Å². The number of hydrogen-bond acceptors (Lipinski definition) is 7. The van der Waals surface area contributed by atoms with Crippen molar-refractivity contribution in [1.29, 1.82) is 0 Å². The zero-order valence-electron chi connectivity index (χ0n) is 12.9. The molecule has 0 fully saturated rings. The summed E-state index contributed by atoms with van der Waals surface area (Å²) in [5.74, 6) is -4.92. The monoisotopic (exact) mass is 392 g/mol. The number of halogens is 1. The molecule has 11 heteroatoms. The average Bonchev–Trinajstić information content (AvgIpc) is 2.68. The van der Waals surface area contributed by atoms with Gasteiger partial charge in [-0.1, -0.05) is 0 Å². The number of hydrogen-bond donors (Lipinski definition) is 2. The zero-order valence-corrected chi connectivity index (χ0v) is 14.5. The lowest BCUT2D eigenvalue weighted by Crippen LogP contribution is -2.54. The van der Waals surface area contributed by atoms with E-state index in [4.69, 9.17) is 10.5 Å². The molecule has 1 aromatic rings. The van der Waals surface area contributed by atoms with Crippen molar-refractivity contribution < 1.29 is 24.4 Å². The van der Waals surface area contributed by atoms with Crippen molar-refractivity contribution in [3.63, 3.8) is 0 Å². The van der Waals surface area contributed by atoms with Gasteiger partial charge in [0, 0.05) is 15.9 Å². The second-order valence-corrected chi connectivity index (χ2v) is 6.74. The largest absolute Gasteiger partial charge is 0.480 e. The van der Waals surface area contributed by atoms with Crippen LogP contribution in [0, 0.1) is 16.0 Å². The van der Waals surface area contributed by atoms with Gasteiger partial charge in [0.2, 0.25) is 0 Å². The number of esters is 1. The Morgan fingerprint density at radius 2 is 2.00 bits per heavy atom. The molecule has 0 bridgehead atoms. The summed E-state index contributed by atoms with van der Waals surface area (Å²) < 4.78 is 6.01. The number of carbonyl (C=O) groups is 2. The molecule has 1 aromatic heterocycles. The fourth-order valence-electron chi connectivity index (χ4n) is 1.86. The first-order valence-electron chi connectivity index (χ1n) is 6.41. The van der Waals surface area contributed by atoms with Crippen LogP contribution in [0.25, 0.3) is 0 Å². The molecule has 2 unspecified atom stereocenters. The number of carbonyl (C=O) groups excluding carboxylic acids is 1. The van der Waals surface area contributed by atoms with Crippen LogP contribution in [-0.2, 0) is 20.0 Å². The maximum absolute atomic E-state index is 12.2.